The van der Waals surface area contributed by atoms with Crippen molar-refractivity contribution in [1.82, 2.24) is 4.72 Å². The number of sulfonamides is 1. The lowest BCUT2D eigenvalue weighted by Gasteiger charge is -2.10. The molecule has 0 amide bonds. The van der Waals surface area contributed by atoms with E-state index in [0.717, 1.165) is 18.2 Å². The lowest BCUT2D eigenvalue weighted by molar-refractivity contribution is -0.384. The first-order valence-electron chi connectivity index (χ1n) is 6.50. The van der Waals surface area contributed by atoms with Gasteiger partial charge in [0.15, 0.2) is 0 Å². The van der Waals surface area contributed by atoms with Gasteiger partial charge in [0, 0.05) is 18.7 Å². The van der Waals surface area contributed by atoms with Gasteiger partial charge >= 0.3 is 6.18 Å². The maximum absolute atomic E-state index is 12.6. The normalized spacial score (nSPS) is 12.1. The number of halogens is 3. The average Bonchev–Trinajstić information content (AvgIpc) is 2.53. The Hall–Kier alpha value is -2.46. The summed E-state index contributed by atoms with van der Waals surface area (Å²) >= 11 is 0. The topological polar surface area (TPSA) is 89.3 Å². The minimum atomic E-state index is -4.66. The van der Waals surface area contributed by atoms with E-state index in [0.29, 0.717) is 11.6 Å². The van der Waals surface area contributed by atoms with Crippen LogP contribution in [0.25, 0.3) is 0 Å². The Bertz CT molecular complexity index is 866. The average molecular weight is 360 g/mol. The molecule has 6 nitrogen and oxygen atoms in total. The Balaban J connectivity index is 2.20. The smallest absolute Gasteiger partial charge is 0.258 e. The Morgan fingerprint density at radius 3 is 2.38 bits per heavy atom. The fraction of sp³-hybridized carbons (Fsp3) is 0.143. The van der Waals surface area contributed by atoms with Crippen LogP contribution in [0.2, 0.25) is 0 Å². The fourth-order valence-corrected chi connectivity index (χ4v) is 2.94. The number of alkyl halides is 3. The molecule has 2 aromatic carbocycles. The summed E-state index contributed by atoms with van der Waals surface area (Å²) in [4.78, 5) is 9.49. The number of non-ortho nitro benzene ring substituents is 1. The predicted molar refractivity (Wildman–Crippen MR) is 78.6 cm³/mol. The van der Waals surface area contributed by atoms with E-state index in [4.69, 9.17) is 0 Å². The van der Waals surface area contributed by atoms with Gasteiger partial charge < -0.3 is 0 Å². The highest BCUT2D eigenvalue weighted by atomic mass is 32.2. The van der Waals surface area contributed by atoms with Gasteiger partial charge in [-0.15, -0.1) is 0 Å². The Kier molecular flexibility index (Phi) is 4.90. The molecule has 0 atom stereocenters. The van der Waals surface area contributed by atoms with E-state index in [2.05, 4.69) is 4.72 Å². The van der Waals surface area contributed by atoms with E-state index in [9.17, 15) is 31.7 Å². The monoisotopic (exact) mass is 360 g/mol. The molecular weight excluding hydrogens is 349 g/mol. The highest BCUT2D eigenvalue weighted by Gasteiger charge is 2.31. The summed E-state index contributed by atoms with van der Waals surface area (Å²) in [5, 5.41) is 10.7. The van der Waals surface area contributed by atoms with Gasteiger partial charge in [0.05, 0.1) is 15.4 Å². The molecule has 24 heavy (non-hydrogen) atoms. The number of hydrogen-bond donors (Lipinski definition) is 1. The fourth-order valence-electron chi connectivity index (χ4n) is 1.88. The molecule has 0 aliphatic heterocycles. The third-order valence-electron chi connectivity index (χ3n) is 3.06. The standard InChI is InChI=1S/C14H11F3N2O4S/c15-14(16,17)11-4-2-6-13(8-11)24(22,23)18-9-10-3-1-5-12(7-10)19(20)21/h1-8,18H,9H2. The quantitative estimate of drug-likeness (QED) is 0.655. The third kappa shape index (κ3) is 4.30. The van der Waals surface area contributed by atoms with Gasteiger partial charge in [0.2, 0.25) is 10.0 Å². The molecule has 2 aromatic rings. The van der Waals surface area contributed by atoms with Crippen molar-refractivity contribution >= 4 is 15.7 Å². The van der Waals surface area contributed by atoms with Gasteiger partial charge in [-0.2, -0.15) is 13.2 Å². The van der Waals surface area contributed by atoms with E-state index < -0.39 is 31.6 Å². The highest BCUT2D eigenvalue weighted by Crippen LogP contribution is 2.30. The minimum absolute atomic E-state index is 0.217. The molecule has 128 valence electrons. The summed E-state index contributed by atoms with van der Waals surface area (Å²) in [6, 6.07) is 8.57. The van der Waals surface area contributed by atoms with Crippen LogP contribution in [0.5, 0.6) is 0 Å². The minimum Gasteiger partial charge on any atom is -0.258 e. The van der Waals surface area contributed by atoms with Crippen molar-refractivity contribution in [3.63, 3.8) is 0 Å². The SMILES string of the molecule is O=[N+]([O-])c1cccc(CNS(=O)(=O)c2cccc(C(F)(F)F)c2)c1. The maximum Gasteiger partial charge on any atom is 0.416 e. The van der Waals surface area contributed by atoms with Crippen molar-refractivity contribution in [1.29, 1.82) is 0 Å². The maximum atomic E-state index is 12.6. The van der Waals surface area contributed by atoms with E-state index in [-0.39, 0.29) is 12.2 Å². The first-order chi connectivity index (χ1) is 11.1. The zero-order valence-electron chi connectivity index (χ0n) is 11.9. The first-order valence-corrected chi connectivity index (χ1v) is 7.98. The zero-order chi connectivity index (χ0) is 18.0. The number of nitrogens with zero attached hydrogens (tertiary/aromatic N) is 1. The second kappa shape index (κ2) is 6.57. The van der Waals surface area contributed by atoms with Crippen LogP contribution in [-0.2, 0) is 22.7 Å². The van der Waals surface area contributed by atoms with Crippen LogP contribution < -0.4 is 4.72 Å². The second-order valence-electron chi connectivity index (χ2n) is 4.78. The summed E-state index contributed by atoms with van der Waals surface area (Å²) < 4.78 is 64.2. The summed E-state index contributed by atoms with van der Waals surface area (Å²) in [6.45, 7) is -0.291. The van der Waals surface area contributed by atoms with Crippen molar-refractivity contribution in [3.05, 3.63) is 69.8 Å². The van der Waals surface area contributed by atoms with Crippen molar-refractivity contribution in [2.24, 2.45) is 0 Å². The highest BCUT2D eigenvalue weighted by molar-refractivity contribution is 7.89. The number of benzene rings is 2. The summed E-state index contributed by atoms with van der Waals surface area (Å²) in [5.74, 6) is 0. The van der Waals surface area contributed by atoms with Crippen molar-refractivity contribution in [2.45, 2.75) is 17.6 Å². The largest absolute Gasteiger partial charge is 0.416 e. The van der Waals surface area contributed by atoms with Gasteiger partial charge in [-0.25, -0.2) is 13.1 Å². The van der Waals surface area contributed by atoms with Crippen LogP contribution in [0, 0.1) is 10.1 Å². The van der Waals surface area contributed by atoms with Gasteiger partial charge in [-0.3, -0.25) is 10.1 Å². The Morgan fingerprint density at radius 2 is 1.75 bits per heavy atom. The predicted octanol–water partition coefficient (Wildman–Crippen LogP) is 3.09. The van der Waals surface area contributed by atoms with E-state index in [1.165, 1.54) is 24.3 Å². The van der Waals surface area contributed by atoms with Crippen LogP contribution in [0.3, 0.4) is 0 Å². The molecule has 0 aromatic heterocycles. The molecule has 0 saturated carbocycles. The van der Waals surface area contributed by atoms with Crippen LogP contribution in [-0.4, -0.2) is 13.3 Å². The lowest BCUT2D eigenvalue weighted by atomic mass is 10.2. The van der Waals surface area contributed by atoms with E-state index >= 15 is 0 Å². The van der Waals surface area contributed by atoms with Crippen molar-refractivity contribution in [3.8, 4) is 0 Å². The molecule has 10 heteroatoms. The van der Waals surface area contributed by atoms with Gasteiger partial charge in [0.1, 0.15) is 0 Å². The summed E-state index contributed by atoms with van der Waals surface area (Å²) in [7, 11) is -4.19. The molecule has 0 saturated heterocycles. The lowest BCUT2D eigenvalue weighted by Crippen LogP contribution is -2.23. The molecule has 1 N–H and O–H groups in total. The molecule has 0 aliphatic carbocycles. The first kappa shape index (κ1) is 17.9. The zero-order valence-corrected chi connectivity index (χ0v) is 12.8. The molecule has 0 spiro atoms. The van der Waals surface area contributed by atoms with Crippen LogP contribution >= 0.6 is 0 Å². The molecule has 0 fully saturated rings. The number of hydrogen-bond acceptors (Lipinski definition) is 4. The Labute approximate surface area is 135 Å². The number of nitro groups is 1. The van der Waals surface area contributed by atoms with Crippen molar-refractivity contribution in [2.75, 3.05) is 0 Å². The second-order valence-corrected chi connectivity index (χ2v) is 6.54. The van der Waals surface area contributed by atoms with Gasteiger partial charge in [-0.05, 0) is 23.8 Å². The number of nitrogens with one attached hydrogen (secondary N) is 1. The van der Waals surface area contributed by atoms with Crippen LogP contribution in [0.4, 0.5) is 18.9 Å². The molecule has 0 heterocycles. The van der Waals surface area contributed by atoms with E-state index in [1.54, 1.807) is 0 Å². The molecule has 0 radical (unpaired) electrons. The van der Waals surface area contributed by atoms with Gasteiger partial charge in [0.25, 0.3) is 5.69 Å². The molecular formula is C14H11F3N2O4S. The molecule has 0 aliphatic rings. The summed E-state index contributed by atoms with van der Waals surface area (Å²) in [5.41, 5.74) is -0.994. The van der Waals surface area contributed by atoms with Gasteiger partial charge in [-0.1, -0.05) is 18.2 Å². The molecule has 0 unspecified atom stereocenters. The third-order valence-corrected chi connectivity index (χ3v) is 4.46. The number of nitro benzene ring substituents is 1. The summed E-state index contributed by atoms with van der Waals surface area (Å²) in [6.07, 6.45) is -4.66. The van der Waals surface area contributed by atoms with Crippen LogP contribution in [0.15, 0.2) is 53.4 Å². The van der Waals surface area contributed by atoms with Crippen molar-refractivity contribution < 1.29 is 26.5 Å². The number of rotatable bonds is 5. The van der Waals surface area contributed by atoms with E-state index in [1.807, 2.05) is 0 Å². The Morgan fingerprint density at radius 1 is 1.08 bits per heavy atom. The molecule has 0 bridgehead atoms. The molecule has 2 rings (SSSR count). The van der Waals surface area contributed by atoms with Crippen LogP contribution in [0.1, 0.15) is 11.1 Å².